The molecule has 5 nitrogen and oxygen atoms in total. The molecule has 0 unspecified atom stereocenters. The number of benzene rings is 2. The van der Waals surface area contributed by atoms with Crippen molar-refractivity contribution < 1.29 is 4.79 Å². The summed E-state index contributed by atoms with van der Waals surface area (Å²) >= 11 is 6.02. The normalized spacial score (nSPS) is 11.1. The molecule has 2 N–H and O–H groups in total. The number of amides is 1. The van der Waals surface area contributed by atoms with Crippen LogP contribution in [0.3, 0.4) is 0 Å². The van der Waals surface area contributed by atoms with E-state index in [1.807, 2.05) is 54.9 Å². The molecule has 142 valence electrons. The molecule has 4 rings (SSSR count). The first kappa shape index (κ1) is 18.3. The van der Waals surface area contributed by atoms with Crippen LogP contribution in [0.25, 0.3) is 10.9 Å². The Balaban J connectivity index is 1.48. The lowest BCUT2D eigenvalue weighted by atomic mass is 10.2. The fourth-order valence-corrected chi connectivity index (χ4v) is 3.57. The maximum absolute atomic E-state index is 12.6. The Kier molecular flexibility index (Phi) is 4.92. The SMILES string of the molecule is Cc1nn(Cc2ccccc2)c(C)c1CNC(=O)c1cc2cc(Cl)ccc2[nH]1. The summed E-state index contributed by atoms with van der Waals surface area (Å²) in [5, 5.41) is 9.20. The van der Waals surface area contributed by atoms with Crippen LogP contribution in [-0.2, 0) is 13.1 Å². The van der Waals surface area contributed by atoms with Crippen molar-refractivity contribution >= 4 is 28.4 Å². The highest BCUT2D eigenvalue weighted by molar-refractivity contribution is 6.31. The van der Waals surface area contributed by atoms with Gasteiger partial charge in [-0.15, -0.1) is 0 Å². The third kappa shape index (κ3) is 3.66. The van der Waals surface area contributed by atoms with Crippen LogP contribution in [0.2, 0.25) is 5.02 Å². The summed E-state index contributed by atoms with van der Waals surface area (Å²) in [6, 6.07) is 17.5. The van der Waals surface area contributed by atoms with E-state index in [9.17, 15) is 4.79 Å². The van der Waals surface area contributed by atoms with E-state index in [0.717, 1.165) is 27.9 Å². The van der Waals surface area contributed by atoms with Crippen LogP contribution >= 0.6 is 11.6 Å². The summed E-state index contributed by atoms with van der Waals surface area (Å²) in [5.74, 6) is -0.151. The minimum absolute atomic E-state index is 0.151. The summed E-state index contributed by atoms with van der Waals surface area (Å²) in [5.41, 5.74) is 5.63. The van der Waals surface area contributed by atoms with Gasteiger partial charge in [0.2, 0.25) is 0 Å². The molecule has 4 aromatic rings. The van der Waals surface area contributed by atoms with E-state index in [2.05, 4.69) is 27.5 Å². The zero-order valence-corrected chi connectivity index (χ0v) is 16.5. The number of nitrogens with zero attached hydrogens (tertiary/aromatic N) is 2. The number of nitrogens with one attached hydrogen (secondary N) is 2. The number of H-pyrrole nitrogens is 1. The number of aryl methyl sites for hydroxylation is 1. The second-order valence-electron chi connectivity index (χ2n) is 6.89. The van der Waals surface area contributed by atoms with Crippen LogP contribution < -0.4 is 5.32 Å². The average Bonchev–Trinajstić information content (AvgIpc) is 3.22. The lowest BCUT2D eigenvalue weighted by Gasteiger charge is -2.07. The molecule has 28 heavy (non-hydrogen) atoms. The zero-order chi connectivity index (χ0) is 19.7. The Morgan fingerprint density at radius 2 is 1.93 bits per heavy atom. The molecule has 0 aliphatic carbocycles. The Bertz CT molecular complexity index is 1140. The first-order valence-corrected chi connectivity index (χ1v) is 9.52. The number of carbonyl (C=O) groups is 1. The van der Waals surface area contributed by atoms with Crippen LogP contribution in [0.4, 0.5) is 0 Å². The fraction of sp³-hybridized carbons (Fsp3) is 0.182. The van der Waals surface area contributed by atoms with E-state index >= 15 is 0 Å². The molecule has 0 atom stereocenters. The Hall–Kier alpha value is -3.05. The van der Waals surface area contributed by atoms with Crippen molar-refractivity contribution in [2.45, 2.75) is 26.9 Å². The van der Waals surface area contributed by atoms with E-state index in [1.54, 1.807) is 6.07 Å². The minimum Gasteiger partial charge on any atom is -0.351 e. The number of aromatic amines is 1. The molecule has 0 radical (unpaired) electrons. The quantitative estimate of drug-likeness (QED) is 0.520. The summed E-state index contributed by atoms with van der Waals surface area (Å²) in [6.07, 6.45) is 0. The monoisotopic (exact) mass is 392 g/mol. The molecule has 0 aliphatic rings. The van der Waals surface area contributed by atoms with Crippen molar-refractivity contribution in [1.82, 2.24) is 20.1 Å². The van der Waals surface area contributed by atoms with Gasteiger partial charge in [0.05, 0.1) is 12.2 Å². The molecule has 2 heterocycles. The number of carbonyl (C=O) groups excluding carboxylic acids is 1. The van der Waals surface area contributed by atoms with Gasteiger partial charge in [-0.2, -0.15) is 5.10 Å². The van der Waals surface area contributed by atoms with Gasteiger partial charge in [-0.05, 0) is 43.7 Å². The Morgan fingerprint density at radius 1 is 1.14 bits per heavy atom. The van der Waals surface area contributed by atoms with Crippen LogP contribution in [0.5, 0.6) is 0 Å². The van der Waals surface area contributed by atoms with Gasteiger partial charge in [0, 0.05) is 33.7 Å². The molecule has 0 saturated carbocycles. The lowest BCUT2D eigenvalue weighted by Crippen LogP contribution is -2.23. The van der Waals surface area contributed by atoms with Crippen molar-refractivity contribution in [3.63, 3.8) is 0 Å². The second-order valence-corrected chi connectivity index (χ2v) is 7.33. The maximum atomic E-state index is 12.6. The number of rotatable bonds is 5. The van der Waals surface area contributed by atoms with E-state index in [-0.39, 0.29) is 5.91 Å². The van der Waals surface area contributed by atoms with Gasteiger partial charge in [-0.1, -0.05) is 41.9 Å². The Morgan fingerprint density at radius 3 is 2.71 bits per heavy atom. The number of hydrogen-bond acceptors (Lipinski definition) is 2. The Labute approximate surface area is 168 Å². The molecular weight excluding hydrogens is 372 g/mol. The summed E-state index contributed by atoms with van der Waals surface area (Å²) in [7, 11) is 0. The van der Waals surface area contributed by atoms with Gasteiger partial charge in [-0.3, -0.25) is 9.48 Å². The number of fused-ring (bicyclic) bond motifs is 1. The number of hydrogen-bond donors (Lipinski definition) is 2. The van der Waals surface area contributed by atoms with Gasteiger partial charge in [-0.25, -0.2) is 0 Å². The highest BCUT2D eigenvalue weighted by Gasteiger charge is 2.15. The van der Waals surface area contributed by atoms with Gasteiger partial charge in [0.25, 0.3) is 5.91 Å². The molecule has 6 heteroatoms. The largest absolute Gasteiger partial charge is 0.351 e. The highest BCUT2D eigenvalue weighted by atomic mass is 35.5. The number of aromatic nitrogens is 3. The van der Waals surface area contributed by atoms with Crippen molar-refractivity contribution in [3.8, 4) is 0 Å². The molecule has 2 aromatic heterocycles. The summed E-state index contributed by atoms with van der Waals surface area (Å²) in [6.45, 7) is 5.15. The summed E-state index contributed by atoms with van der Waals surface area (Å²) in [4.78, 5) is 15.7. The van der Waals surface area contributed by atoms with Gasteiger partial charge >= 0.3 is 0 Å². The molecule has 1 amide bonds. The topological polar surface area (TPSA) is 62.7 Å². The van der Waals surface area contributed by atoms with Crippen LogP contribution in [0.1, 0.15) is 33.0 Å². The van der Waals surface area contributed by atoms with E-state index in [4.69, 9.17) is 11.6 Å². The molecule has 0 aliphatic heterocycles. The third-order valence-corrected chi connectivity index (χ3v) is 5.19. The standard InChI is InChI=1S/C22H21ClN4O/c1-14-19(15(2)27(26-14)13-16-6-4-3-5-7-16)12-24-22(28)21-11-17-10-18(23)8-9-20(17)25-21/h3-11,25H,12-13H2,1-2H3,(H,24,28). The molecule has 0 fully saturated rings. The number of halogens is 1. The van der Waals surface area contributed by atoms with E-state index < -0.39 is 0 Å². The lowest BCUT2D eigenvalue weighted by molar-refractivity contribution is 0.0946. The van der Waals surface area contributed by atoms with Crippen molar-refractivity contribution in [3.05, 3.63) is 87.8 Å². The second kappa shape index (κ2) is 7.52. The zero-order valence-electron chi connectivity index (χ0n) is 15.8. The van der Waals surface area contributed by atoms with Crippen LogP contribution in [-0.4, -0.2) is 20.7 Å². The van der Waals surface area contributed by atoms with Crippen molar-refractivity contribution in [2.75, 3.05) is 0 Å². The predicted octanol–water partition coefficient (Wildman–Crippen LogP) is 4.61. The molecule has 0 bridgehead atoms. The van der Waals surface area contributed by atoms with Gasteiger partial charge in [0.15, 0.2) is 0 Å². The molecule has 0 spiro atoms. The average molecular weight is 393 g/mol. The smallest absolute Gasteiger partial charge is 0.267 e. The fourth-order valence-electron chi connectivity index (χ4n) is 3.39. The maximum Gasteiger partial charge on any atom is 0.267 e. The first-order valence-electron chi connectivity index (χ1n) is 9.14. The first-order chi connectivity index (χ1) is 13.5. The minimum atomic E-state index is -0.151. The summed E-state index contributed by atoms with van der Waals surface area (Å²) < 4.78 is 1.98. The predicted molar refractivity (Wildman–Crippen MR) is 112 cm³/mol. The highest BCUT2D eigenvalue weighted by Crippen LogP contribution is 2.20. The van der Waals surface area contributed by atoms with E-state index in [1.165, 1.54) is 5.56 Å². The molecule has 2 aromatic carbocycles. The van der Waals surface area contributed by atoms with Crippen LogP contribution in [0, 0.1) is 13.8 Å². The van der Waals surface area contributed by atoms with E-state index in [0.29, 0.717) is 23.8 Å². The van der Waals surface area contributed by atoms with Crippen molar-refractivity contribution in [2.24, 2.45) is 0 Å². The molecule has 0 saturated heterocycles. The molecular formula is C22H21ClN4O. The van der Waals surface area contributed by atoms with Crippen LogP contribution in [0.15, 0.2) is 54.6 Å². The van der Waals surface area contributed by atoms with Gasteiger partial charge < -0.3 is 10.3 Å². The van der Waals surface area contributed by atoms with Crippen molar-refractivity contribution in [1.29, 1.82) is 0 Å². The van der Waals surface area contributed by atoms with Gasteiger partial charge in [0.1, 0.15) is 5.69 Å². The third-order valence-electron chi connectivity index (χ3n) is 4.96.